The molecule has 23 heavy (non-hydrogen) atoms. The van der Waals surface area contributed by atoms with Gasteiger partial charge in [0.25, 0.3) is 0 Å². The molecular formula is C22H32O. The van der Waals surface area contributed by atoms with Gasteiger partial charge in [-0.15, -0.1) is 0 Å². The molecule has 0 saturated heterocycles. The van der Waals surface area contributed by atoms with Crippen molar-refractivity contribution >= 4 is 0 Å². The maximum atomic E-state index is 5.67. The minimum absolute atomic E-state index is 0.713. The number of rotatable bonds is 8. The largest absolute Gasteiger partial charge is 0.373 e. The van der Waals surface area contributed by atoms with E-state index in [4.69, 9.17) is 4.74 Å². The van der Waals surface area contributed by atoms with Gasteiger partial charge in [-0.05, 0) is 68.4 Å². The highest BCUT2D eigenvalue weighted by Gasteiger charge is 2.21. The molecule has 1 nitrogen and oxygen atoms in total. The van der Waals surface area contributed by atoms with E-state index in [9.17, 15) is 0 Å². The minimum atomic E-state index is 0.713. The van der Waals surface area contributed by atoms with Crippen LogP contribution in [0.5, 0.6) is 0 Å². The van der Waals surface area contributed by atoms with Crippen LogP contribution in [0.25, 0.3) is 0 Å². The Morgan fingerprint density at radius 1 is 1.00 bits per heavy atom. The van der Waals surface area contributed by atoms with Crippen LogP contribution < -0.4 is 0 Å². The lowest BCUT2D eigenvalue weighted by Gasteiger charge is -2.28. The molecule has 0 N–H and O–H groups in total. The van der Waals surface area contributed by atoms with Crippen LogP contribution in [0.2, 0.25) is 0 Å². The molecule has 1 aromatic rings. The van der Waals surface area contributed by atoms with Crippen LogP contribution in [0, 0.1) is 5.92 Å². The Morgan fingerprint density at radius 2 is 1.74 bits per heavy atom. The fourth-order valence-electron chi connectivity index (χ4n) is 3.43. The highest BCUT2D eigenvalue weighted by molar-refractivity contribution is 5.25. The SMILES string of the molecule is C/C=C/C[C@H]1CC[C@H](c2ccc(COC/C=C/CC)cc2)CC1. The minimum Gasteiger partial charge on any atom is -0.373 e. The summed E-state index contributed by atoms with van der Waals surface area (Å²) in [6.45, 7) is 5.69. The van der Waals surface area contributed by atoms with Crippen molar-refractivity contribution in [3.8, 4) is 0 Å². The number of benzene rings is 1. The second-order valence-corrected chi connectivity index (χ2v) is 6.66. The first-order chi connectivity index (χ1) is 11.3. The van der Waals surface area contributed by atoms with E-state index >= 15 is 0 Å². The lowest BCUT2D eigenvalue weighted by molar-refractivity contribution is 0.148. The van der Waals surface area contributed by atoms with Crippen LogP contribution in [0.15, 0.2) is 48.6 Å². The second-order valence-electron chi connectivity index (χ2n) is 6.66. The molecule has 0 heterocycles. The van der Waals surface area contributed by atoms with Crippen molar-refractivity contribution in [2.45, 2.75) is 64.9 Å². The zero-order valence-corrected chi connectivity index (χ0v) is 14.8. The fraction of sp³-hybridized carbons (Fsp3) is 0.545. The summed E-state index contributed by atoms with van der Waals surface area (Å²) in [7, 11) is 0. The Labute approximate surface area is 142 Å². The van der Waals surface area contributed by atoms with E-state index < -0.39 is 0 Å². The third-order valence-corrected chi connectivity index (χ3v) is 4.89. The molecule has 0 aromatic heterocycles. The molecule has 0 unspecified atom stereocenters. The zero-order valence-electron chi connectivity index (χ0n) is 14.8. The van der Waals surface area contributed by atoms with Gasteiger partial charge in [-0.3, -0.25) is 0 Å². The monoisotopic (exact) mass is 312 g/mol. The number of hydrogen-bond acceptors (Lipinski definition) is 1. The van der Waals surface area contributed by atoms with Crippen molar-refractivity contribution in [1.82, 2.24) is 0 Å². The van der Waals surface area contributed by atoms with Crippen LogP contribution in [0.1, 0.15) is 69.4 Å². The molecule has 1 heteroatoms. The maximum Gasteiger partial charge on any atom is 0.0721 e. The third kappa shape index (κ3) is 6.35. The third-order valence-electron chi connectivity index (χ3n) is 4.89. The van der Waals surface area contributed by atoms with Crippen LogP contribution in [0.3, 0.4) is 0 Å². The Balaban J connectivity index is 1.75. The predicted molar refractivity (Wildman–Crippen MR) is 99.7 cm³/mol. The summed E-state index contributed by atoms with van der Waals surface area (Å²) in [4.78, 5) is 0. The van der Waals surface area contributed by atoms with E-state index in [2.05, 4.69) is 62.4 Å². The molecule has 0 bridgehead atoms. The first-order valence-electron chi connectivity index (χ1n) is 9.26. The van der Waals surface area contributed by atoms with E-state index in [0.29, 0.717) is 13.2 Å². The van der Waals surface area contributed by atoms with Gasteiger partial charge >= 0.3 is 0 Å². The average Bonchev–Trinajstić information content (AvgIpc) is 2.61. The molecule has 0 radical (unpaired) electrons. The Kier molecular flexibility index (Phi) is 8.17. The van der Waals surface area contributed by atoms with Crippen molar-refractivity contribution in [3.63, 3.8) is 0 Å². The van der Waals surface area contributed by atoms with Gasteiger partial charge < -0.3 is 4.74 Å². The first-order valence-corrected chi connectivity index (χ1v) is 9.26. The summed E-state index contributed by atoms with van der Waals surface area (Å²) in [5.74, 6) is 1.67. The topological polar surface area (TPSA) is 9.23 Å². The molecule has 1 aliphatic rings. The van der Waals surface area contributed by atoms with Gasteiger partial charge in [0.2, 0.25) is 0 Å². The molecule has 0 aliphatic heterocycles. The molecule has 1 aliphatic carbocycles. The van der Waals surface area contributed by atoms with Crippen molar-refractivity contribution in [2.75, 3.05) is 6.61 Å². The van der Waals surface area contributed by atoms with Crippen LogP contribution in [-0.2, 0) is 11.3 Å². The smallest absolute Gasteiger partial charge is 0.0721 e. The first kappa shape index (κ1) is 18.0. The molecule has 2 rings (SSSR count). The predicted octanol–water partition coefficient (Wildman–Crippen LogP) is 6.41. The normalized spacial score (nSPS) is 22.2. The van der Waals surface area contributed by atoms with Gasteiger partial charge in [0, 0.05) is 0 Å². The summed E-state index contributed by atoms with van der Waals surface area (Å²) in [6.07, 6.45) is 16.6. The summed E-state index contributed by atoms with van der Waals surface area (Å²) < 4.78 is 5.67. The Bertz CT molecular complexity index is 475. The molecule has 0 atom stereocenters. The molecule has 1 fully saturated rings. The van der Waals surface area contributed by atoms with Gasteiger partial charge in [0.15, 0.2) is 0 Å². The average molecular weight is 312 g/mol. The van der Waals surface area contributed by atoms with Crippen molar-refractivity contribution < 1.29 is 4.74 Å². The van der Waals surface area contributed by atoms with E-state index in [0.717, 1.165) is 18.3 Å². The molecule has 1 aromatic carbocycles. The van der Waals surface area contributed by atoms with Gasteiger partial charge in [-0.2, -0.15) is 0 Å². The van der Waals surface area contributed by atoms with E-state index in [1.165, 1.54) is 43.2 Å². The summed E-state index contributed by atoms with van der Waals surface area (Å²) in [5, 5.41) is 0. The Hall–Kier alpha value is -1.34. The lowest BCUT2D eigenvalue weighted by Crippen LogP contribution is -2.12. The van der Waals surface area contributed by atoms with Gasteiger partial charge in [0.05, 0.1) is 13.2 Å². The number of allylic oxidation sites excluding steroid dienone is 3. The fourth-order valence-corrected chi connectivity index (χ4v) is 3.43. The van der Waals surface area contributed by atoms with Crippen LogP contribution in [-0.4, -0.2) is 6.61 Å². The summed E-state index contributed by atoms with van der Waals surface area (Å²) >= 11 is 0. The van der Waals surface area contributed by atoms with E-state index in [-0.39, 0.29) is 0 Å². The standard InChI is InChI=1S/C22H32O/c1-3-5-7-17-23-18-20-11-15-22(16-12-20)21-13-9-19(10-14-21)8-6-4-2/h4-7,11-12,15-16,19,21H,3,8-10,13-14,17-18H2,1-2H3/b6-4+,7-5+/t19-,21-. The molecule has 0 spiro atoms. The molecular weight excluding hydrogens is 280 g/mol. The van der Waals surface area contributed by atoms with Crippen LogP contribution >= 0.6 is 0 Å². The van der Waals surface area contributed by atoms with Gasteiger partial charge in [-0.25, -0.2) is 0 Å². The number of hydrogen-bond donors (Lipinski definition) is 0. The van der Waals surface area contributed by atoms with E-state index in [1.807, 2.05) is 0 Å². The van der Waals surface area contributed by atoms with E-state index in [1.54, 1.807) is 0 Å². The highest BCUT2D eigenvalue weighted by Crippen LogP contribution is 2.37. The molecule has 126 valence electrons. The molecule has 0 amide bonds. The van der Waals surface area contributed by atoms with Gasteiger partial charge in [-0.1, -0.05) is 55.5 Å². The lowest BCUT2D eigenvalue weighted by atomic mass is 9.77. The summed E-state index contributed by atoms with van der Waals surface area (Å²) in [6, 6.07) is 9.12. The maximum absolute atomic E-state index is 5.67. The molecule has 1 saturated carbocycles. The van der Waals surface area contributed by atoms with Gasteiger partial charge in [0.1, 0.15) is 0 Å². The van der Waals surface area contributed by atoms with Crippen LogP contribution in [0.4, 0.5) is 0 Å². The Morgan fingerprint density at radius 3 is 2.39 bits per heavy atom. The highest BCUT2D eigenvalue weighted by atomic mass is 16.5. The van der Waals surface area contributed by atoms with Crippen molar-refractivity contribution in [1.29, 1.82) is 0 Å². The quantitative estimate of drug-likeness (QED) is 0.398. The zero-order chi connectivity index (χ0) is 16.3. The van der Waals surface area contributed by atoms with Crippen molar-refractivity contribution in [3.05, 3.63) is 59.7 Å². The second kappa shape index (κ2) is 10.4. The van der Waals surface area contributed by atoms with Crippen molar-refractivity contribution in [2.24, 2.45) is 5.92 Å². The summed E-state index contributed by atoms with van der Waals surface area (Å²) in [5.41, 5.74) is 2.80. The number of ether oxygens (including phenoxy) is 1.